The third-order valence-corrected chi connectivity index (χ3v) is 6.94. The molecular formula is C27H33N7O. The number of nitrogen functional groups attached to an aromatic ring is 1. The summed E-state index contributed by atoms with van der Waals surface area (Å²) in [4.78, 5) is 11.3. The summed E-state index contributed by atoms with van der Waals surface area (Å²) >= 11 is 0. The Morgan fingerprint density at radius 1 is 0.943 bits per heavy atom. The Balaban J connectivity index is 1.25. The van der Waals surface area contributed by atoms with Crippen LogP contribution >= 0.6 is 0 Å². The highest BCUT2D eigenvalue weighted by molar-refractivity contribution is 6.16. The number of para-hydroxylation sites is 1. The van der Waals surface area contributed by atoms with Gasteiger partial charge in [0.2, 0.25) is 0 Å². The number of piperidine rings is 2. The van der Waals surface area contributed by atoms with Gasteiger partial charge in [0.15, 0.2) is 0 Å². The fourth-order valence-electron chi connectivity index (χ4n) is 4.99. The lowest BCUT2D eigenvalue weighted by molar-refractivity contribution is 0.131. The molecule has 0 saturated carbocycles. The van der Waals surface area contributed by atoms with Gasteiger partial charge in [0.25, 0.3) is 0 Å². The number of rotatable bonds is 7. The number of aromatic nitrogens is 2. The number of benzene rings is 2. The highest BCUT2D eigenvalue weighted by Gasteiger charge is 2.27. The van der Waals surface area contributed by atoms with E-state index in [4.69, 9.17) is 15.9 Å². The van der Waals surface area contributed by atoms with E-state index < -0.39 is 0 Å². The molecule has 0 bridgehead atoms. The number of ether oxygens (including phenoxy) is 1. The second-order valence-electron chi connectivity index (χ2n) is 9.23. The number of hydrogen-bond acceptors (Lipinski definition) is 8. The van der Waals surface area contributed by atoms with Crippen LogP contribution in [0.15, 0.2) is 60.9 Å². The third kappa shape index (κ3) is 5.61. The van der Waals surface area contributed by atoms with Crippen LogP contribution in [0.4, 0.5) is 11.6 Å². The lowest BCUT2D eigenvalue weighted by atomic mass is 9.98. The van der Waals surface area contributed by atoms with Crippen LogP contribution in [0.1, 0.15) is 36.8 Å². The molecule has 8 heteroatoms. The first-order valence-corrected chi connectivity index (χ1v) is 12.4. The van der Waals surface area contributed by atoms with Gasteiger partial charge in [0.1, 0.15) is 29.5 Å². The summed E-state index contributed by atoms with van der Waals surface area (Å²) in [5.74, 6) is 2.43. The van der Waals surface area contributed by atoms with E-state index in [-0.39, 0.29) is 0 Å². The molecule has 0 atom stereocenters. The van der Waals surface area contributed by atoms with Gasteiger partial charge in [-0.1, -0.05) is 18.2 Å². The minimum atomic E-state index is 0.295. The van der Waals surface area contributed by atoms with Crippen LogP contribution in [0.2, 0.25) is 0 Å². The molecule has 0 unspecified atom stereocenters. The summed E-state index contributed by atoms with van der Waals surface area (Å²) < 4.78 is 5.88. The van der Waals surface area contributed by atoms with Gasteiger partial charge in [-0.2, -0.15) is 0 Å². The number of nitrogens with zero attached hydrogens (tertiary/aromatic N) is 3. The fraction of sp³-hybridized carbons (Fsp3) is 0.370. The number of hydrogen-bond donors (Lipinski definition) is 4. The van der Waals surface area contributed by atoms with Crippen LogP contribution in [0.5, 0.6) is 11.5 Å². The van der Waals surface area contributed by atoms with Crippen molar-refractivity contribution in [2.75, 3.05) is 37.2 Å². The van der Waals surface area contributed by atoms with E-state index in [9.17, 15) is 0 Å². The highest BCUT2D eigenvalue weighted by Crippen LogP contribution is 2.27. The maximum Gasteiger partial charge on any atom is 0.141 e. The van der Waals surface area contributed by atoms with Gasteiger partial charge in [-0.05, 0) is 75.2 Å². The molecule has 5 N–H and O–H groups in total. The van der Waals surface area contributed by atoms with Gasteiger partial charge in [0.05, 0.1) is 11.3 Å². The molecule has 2 aromatic carbocycles. The molecule has 0 radical (unpaired) electrons. The van der Waals surface area contributed by atoms with Crippen molar-refractivity contribution in [3.63, 3.8) is 0 Å². The van der Waals surface area contributed by atoms with Gasteiger partial charge >= 0.3 is 0 Å². The third-order valence-electron chi connectivity index (χ3n) is 6.94. The summed E-state index contributed by atoms with van der Waals surface area (Å²) in [6, 6.07) is 18.1. The predicted molar refractivity (Wildman–Crippen MR) is 139 cm³/mol. The van der Waals surface area contributed by atoms with Crippen LogP contribution in [0, 0.1) is 5.41 Å². The van der Waals surface area contributed by atoms with E-state index in [0.717, 1.165) is 50.3 Å². The van der Waals surface area contributed by atoms with Crippen LogP contribution in [0.3, 0.4) is 0 Å². The molecule has 8 nitrogen and oxygen atoms in total. The van der Waals surface area contributed by atoms with E-state index in [1.807, 2.05) is 54.6 Å². The molecule has 2 aliphatic heterocycles. The Bertz CT molecular complexity index is 1120. The molecule has 3 heterocycles. The van der Waals surface area contributed by atoms with Crippen molar-refractivity contribution in [2.45, 2.75) is 37.8 Å². The van der Waals surface area contributed by atoms with Gasteiger partial charge in [-0.25, -0.2) is 9.97 Å². The van der Waals surface area contributed by atoms with Crippen LogP contribution in [-0.4, -0.2) is 58.8 Å². The average Bonchev–Trinajstić information content (AvgIpc) is 2.90. The van der Waals surface area contributed by atoms with Crippen molar-refractivity contribution in [3.05, 3.63) is 72.1 Å². The number of nitrogens with two attached hydrogens (primary N) is 1. The normalized spacial score (nSPS) is 17.7. The fourth-order valence-corrected chi connectivity index (χ4v) is 4.99. The second-order valence-corrected chi connectivity index (χ2v) is 9.23. The van der Waals surface area contributed by atoms with Crippen molar-refractivity contribution in [1.29, 1.82) is 5.41 Å². The van der Waals surface area contributed by atoms with Gasteiger partial charge in [-0.3, -0.25) is 5.41 Å². The first-order valence-electron chi connectivity index (χ1n) is 12.4. The number of nitrogens with one attached hydrogen (secondary N) is 3. The molecule has 0 spiro atoms. The molecule has 2 saturated heterocycles. The van der Waals surface area contributed by atoms with Crippen LogP contribution < -0.4 is 21.1 Å². The first kappa shape index (κ1) is 23.3. The molecule has 2 fully saturated rings. The second kappa shape index (κ2) is 10.8. The number of anilines is 2. The summed E-state index contributed by atoms with van der Waals surface area (Å²) in [5, 5.41) is 15.9. The lowest BCUT2D eigenvalue weighted by Gasteiger charge is -2.39. The Morgan fingerprint density at radius 2 is 1.63 bits per heavy atom. The Kier molecular flexibility index (Phi) is 7.20. The Hall–Kier alpha value is -3.49. The van der Waals surface area contributed by atoms with E-state index in [1.54, 1.807) is 0 Å². The molecule has 5 rings (SSSR count). The summed E-state index contributed by atoms with van der Waals surface area (Å²) in [6.07, 6.45) is 6.03. The van der Waals surface area contributed by atoms with Crippen molar-refractivity contribution < 1.29 is 4.74 Å². The average molecular weight is 472 g/mol. The van der Waals surface area contributed by atoms with Gasteiger partial charge in [0, 0.05) is 30.7 Å². The predicted octanol–water partition coefficient (Wildman–Crippen LogP) is 3.90. The minimum absolute atomic E-state index is 0.295. The highest BCUT2D eigenvalue weighted by atomic mass is 16.5. The Morgan fingerprint density at radius 3 is 2.34 bits per heavy atom. The molecule has 0 amide bonds. The van der Waals surface area contributed by atoms with Crippen molar-refractivity contribution in [3.8, 4) is 11.5 Å². The summed E-state index contributed by atoms with van der Waals surface area (Å²) in [7, 11) is 0. The molecule has 3 aromatic rings. The topological polar surface area (TPSA) is 112 Å². The maximum absolute atomic E-state index is 8.87. The zero-order valence-corrected chi connectivity index (χ0v) is 19.9. The Labute approximate surface area is 206 Å². The van der Waals surface area contributed by atoms with E-state index >= 15 is 0 Å². The quantitative estimate of drug-likeness (QED) is 0.387. The molecule has 2 aliphatic rings. The maximum atomic E-state index is 8.87. The SMILES string of the molecule is N=C(c1ccc(Oc2ccccc2)cc1)c1c(N)ncnc1NC1CCN(C2CCNCC2)CC1. The monoisotopic (exact) mass is 471 g/mol. The molecular weight excluding hydrogens is 438 g/mol. The van der Waals surface area contributed by atoms with Crippen LogP contribution in [-0.2, 0) is 0 Å². The zero-order valence-electron chi connectivity index (χ0n) is 19.9. The van der Waals surface area contributed by atoms with Gasteiger partial charge in [-0.15, -0.1) is 0 Å². The summed E-state index contributed by atoms with van der Waals surface area (Å²) in [5.41, 5.74) is 7.82. The minimum Gasteiger partial charge on any atom is -0.457 e. The van der Waals surface area contributed by atoms with E-state index in [0.29, 0.717) is 40.7 Å². The summed E-state index contributed by atoms with van der Waals surface area (Å²) in [6.45, 7) is 4.40. The zero-order chi connectivity index (χ0) is 24.0. The van der Waals surface area contributed by atoms with E-state index in [2.05, 4.69) is 25.5 Å². The molecule has 0 aliphatic carbocycles. The lowest BCUT2D eigenvalue weighted by Crippen LogP contribution is -2.48. The molecule has 182 valence electrons. The standard InChI is InChI=1S/C27H33N7O/c28-25(19-6-8-23(9-7-19)35-22-4-2-1-3-5-22)24-26(29)31-18-32-27(24)33-20-12-16-34(17-13-20)21-10-14-30-15-11-21/h1-9,18,20-21,28,30H,10-17H2,(H3,29,31,32,33). The van der Waals surface area contributed by atoms with Crippen molar-refractivity contribution >= 4 is 17.3 Å². The first-order chi connectivity index (χ1) is 17.2. The van der Waals surface area contributed by atoms with E-state index in [1.165, 1.54) is 19.2 Å². The van der Waals surface area contributed by atoms with Crippen molar-refractivity contribution in [2.24, 2.45) is 0 Å². The van der Waals surface area contributed by atoms with Crippen molar-refractivity contribution in [1.82, 2.24) is 20.2 Å². The number of likely N-dealkylation sites (tertiary alicyclic amines) is 1. The largest absolute Gasteiger partial charge is 0.457 e. The smallest absolute Gasteiger partial charge is 0.141 e. The van der Waals surface area contributed by atoms with Crippen LogP contribution in [0.25, 0.3) is 0 Å². The van der Waals surface area contributed by atoms with Gasteiger partial charge < -0.3 is 26.0 Å². The molecule has 35 heavy (non-hydrogen) atoms. The molecule has 1 aromatic heterocycles.